The van der Waals surface area contributed by atoms with Gasteiger partial charge in [-0.15, -0.1) is 0 Å². The molecule has 164 valence electrons. The van der Waals surface area contributed by atoms with Gasteiger partial charge in [0.25, 0.3) is 0 Å². The van der Waals surface area contributed by atoms with Crippen molar-refractivity contribution in [3.63, 3.8) is 0 Å². The van der Waals surface area contributed by atoms with E-state index in [4.69, 9.17) is 0 Å². The Labute approximate surface area is 173 Å². The molecule has 0 bridgehead atoms. The molecule has 0 aliphatic rings. The van der Waals surface area contributed by atoms with Crippen LogP contribution in [0.2, 0.25) is 0 Å². The maximum Gasteiger partial charge on any atom is 0.434 e. The lowest BCUT2D eigenvalue weighted by molar-refractivity contribution is -0.396. The van der Waals surface area contributed by atoms with Crippen LogP contribution in [0.4, 0.5) is 17.8 Å². The Morgan fingerprint density at radius 2 is 0.935 bits per heavy atom. The Balaban J connectivity index is 1.69. The lowest BCUT2D eigenvalue weighted by Gasteiger charge is -2.21. The summed E-state index contributed by atoms with van der Waals surface area (Å²) < 4.78 is 4.14. The van der Waals surface area contributed by atoms with Gasteiger partial charge in [-0.1, -0.05) is 15.0 Å². The molecule has 0 fully saturated rings. The number of aromatic nitrogens is 6. The summed E-state index contributed by atoms with van der Waals surface area (Å²) in [5, 5.41) is 33.2. The summed E-state index contributed by atoms with van der Waals surface area (Å²) in [4.78, 5) is 44.4. The monoisotopic (exact) mass is 434 g/mol. The molecule has 16 heteroatoms. The maximum absolute atomic E-state index is 11.1. The van der Waals surface area contributed by atoms with Crippen molar-refractivity contribution in [1.29, 1.82) is 0 Å². The summed E-state index contributed by atoms with van der Waals surface area (Å²) in [6.07, 6.45) is 8.43. The largest absolute Gasteiger partial charge is 0.434 e. The van der Waals surface area contributed by atoms with Gasteiger partial charge in [0.05, 0.1) is 19.6 Å². The van der Waals surface area contributed by atoms with Crippen LogP contribution in [0.3, 0.4) is 0 Å². The third kappa shape index (κ3) is 5.24. The first kappa shape index (κ1) is 21.5. The van der Waals surface area contributed by atoms with E-state index in [1.165, 1.54) is 50.9 Å². The predicted molar refractivity (Wildman–Crippen MR) is 103 cm³/mol. The molecule has 0 radical (unpaired) electrons. The van der Waals surface area contributed by atoms with Gasteiger partial charge in [0, 0.05) is 19.6 Å². The first-order valence-corrected chi connectivity index (χ1v) is 9.05. The van der Waals surface area contributed by atoms with Crippen LogP contribution in [0.15, 0.2) is 37.2 Å². The fourth-order valence-electron chi connectivity index (χ4n) is 3.03. The van der Waals surface area contributed by atoms with Gasteiger partial charge >= 0.3 is 17.8 Å². The number of rotatable bonds is 12. The molecule has 0 spiro atoms. The average Bonchev–Trinajstić information content (AvgIpc) is 3.47. The number of hydrogen-bond donors (Lipinski definition) is 0. The van der Waals surface area contributed by atoms with Gasteiger partial charge in [0.2, 0.25) is 0 Å². The Kier molecular flexibility index (Phi) is 6.61. The van der Waals surface area contributed by atoms with E-state index in [1.807, 2.05) is 4.90 Å². The molecule has 0 saturated carbocycles. The number of imidazole rings is 3. The molecule has 0 amide bonds. The molecule has 3 rings (SSSR count). The molecule has 3 aromatic rings. The molecule has 0 aliphatic heterocycles. The Morgan fingerprint density at radius 1 is 0.645 bits per heavy atom. The fraction of sp³-hybridized carbons (Fsp3) is 0.400. The molecule has 3 heterocycles. The molecule has 3 aromatic heterocycles. The summed E-state index contributed by atoms with van der Waals surface area (Å²) in [6, 6.07) is 0. The average molecular weight is 434 g/mol. The first-order chi connectivity index (χ1) is 14.9. The topological polar surface area (TPSA) is 186 Å². The van der Waals surface area contributed by atoms with Crippen LogP contribution < -0.4 is 0 Å². The zero-order chi connectivity index (χ0) is 22.4. The van der Waals surface area contributed by atoms with Gasteiger partial charge in [0.1, 0.15) is 37.2 Å². The van der Waals surface area contributed by atoms with E-state index in [-0.39, 0.29) is 37.5 Å². The zero-order valence-corrected chi connectivity index (χ0v) is 16.1. The minimum Gasteiger partial charge on any atom is -0.390 e. The van der Waals surface area contributed by atoms with Crippen molar-refractivity contribution in [3.05, 3.63) is 67.5 Å². The van der Waals surface area contributed by atoms with Crippen molar-refractivity contribution >= 4 is 17.8 Å². The highest BCUT2D eigenvalue weighted by atomic mass is 16.6. The van der Waals surface area contributed by atoms with Crippen LogP contribution in [0.1, 0.15) is 0 Å². The van der Waals surface area contributed by atoms with Gasteiger partial charge in [-0.3, -0.25) is 4.90 Å². The molecule has 0 aliphatic carbocycles. The fourth-order valence-corrected chi connectivity index (χ4v) is 3.03. The number of hydrogen-bond acceptors (Lipinski definition) is 10. The number of nitrogens with zero attached hydrogens (tertiary/aromatic N) is 10. The SMILES string of the molecule is O=[N+]([O-])c1nccn1CCN(CCn1ccnc1[N+](=O)[O-])CCn1ccnc1[N+](=O)[O-]. The molecule has 0 atom stereocenters. The minimum atomic E-state index is -0.589. The van der Waals surface area contributed by atoms with Crippen molar-refractivity contribution in [2.24, 2.45) is 0 Å². The van der Waals surface area contributed by atoms with E-state index in [1.54, 1.807) is 0 Å². The van der Waals surface area contributed by atoms with Gasteiger partial charge in [-0.2, -0.15) is 0 Å². The zero-order valence-electron chi connectivity index (χ0n) is 16.1. The van der Waals surface area contributed by atoms with Crippen LogP contribution in [-0.2, 0) is 19.6 Å². The molecule has 0 saturated heterocycles. The van der Waals surface area contributed by atoms with E-state index in [2.05, 4.69) is 15.0 Å². The minimum absolute atomic E-state index is 0.244. The highest BCUT2D eigenvalue weighted by molar-refractivity contribution is 5.08. The van der Waals surface area contributed by atoms with Gasteiger partial charge in [-0.05, 0) is 14.8 Å². The highest BCUT2D eigenvalue weighted by Crippen LogP contribution is 2.11. The molecular weight excluding hydrogens is 416 g/mol. The molecule has 0 aromatic carbocycles. The third-order valence-electron chi connectivity index (χ3n) is 4.54. The molecule has 16 nitrogen and oxygen atoms in total. The smallest absolute Gasteiger partial charge is 0.390 e. The standard InChI is InChI=1S/C15H18N10O6/c26-23(27)13-16-1-4-20(13)10-7-19(8-11-21-5-2-17-14(21)24(28)29)9-12-22-6-3-18-15(22)25(30)31/h1-6H,7-12H2. The molecule has 31 heavy (non-hydrogen) atoms. The van der Waals surface area contributed by atoms with E-state index in [9.17, 15) is 30.3 Å². The van der Waals surface area contributed by atoms with Crippen molar-refractivity contribution in [3.8, 4) is 0 Å². The summed E-state index contributed by atoms with van der Waals surface area (Å²) in [5.41, 5.74) is 0. The third-order valence-corrected chi connectivity index (χ3v) is 4.54. The van der Waals surface area contributed by atoms with Crippen molar-refractivity contribution < 1.29 is 14.8 Å². The van der Waals surface area contributed by atoms with E-state index in [0.717, 1.165) is 0 Å². The van der Waals surface area contributed by atoms with Gasteiger partial charge < -0.3 is 30.3 Å². The van der Waals surface area contributed by atoms with Crippen LogP contribution in [0.25, 0.3) is 0 Å². The van der Waals surface area contributed by atoms with Crippen LogP contribution >= 0.6 is 0 Å². The second kappa shape index (κ2) is 9.53. The maximum atomic E-state index is 11.1. The Bertz CT molecular complexity index is 938. The quantitative estimate of drug-likeness (QED) is 0.290. The Hall–Kier alpha value is -4.21. The summed E-state index contributed by atoms with van der Waals surface area (Å²) in [5.74, 6) is -0.888. The van der Waals surface area contributed by atoms with Crippen molar-refractivity contribution in [2.75, 3.05) is 19.6 Å². The molecule has 0 N–H and O–H groups in total. The lowest BCUT2D eigenvalue weighted by atomic mass is 10.4. The van der Waals surface area contributed by atoms with Gasteiger partial charge in [-0.25, -0.2) is 13.7 Å². The molecular formula is C15H18N10O6. The summed E-state index contributed by atoms with van der Waals surface area (Å²) in [7, 11) is 0. The second-order valence-electron chi connectivity index (χ2n) is 6.37. The normalized spacial score (nSPS) is 11.1. The van der Waals surface area contributed by atoms with Crippen LogP contribution in [0, 0.1) is 30.3 Å². The van der Waals surface area contributed by atoms with Crippen molar-refractivity contribution in [2.45, 2.75) is 19.6 Å². The van der Waals surface area contributed by atoms with Crippen LogP contribution in [-0.4, -0.2) is 68.0 Å². The number of nitro groups is 3. The summed E-state index contributed by atoms with van der Waals surface area (Å²) >= 11 is 0. The second-order valence-corrected chi connectivity index (χ2v) is 6.37. The highest BCUT2D eigenvalue weighted by Gasteiger charge is 2.20. The predicted octanol–water partition coefficient (Wildman–Crippen LogP) is 0.703. The summed E-state index contributed by atoms with van der Waals surface area (Å²) in [6.45, 7) is 1.78. The van der Waals surface area contributed by atoms with E-state index in [0.29, 0.717) is 19.6 Å². The first-order valence-electron chi connectivity index (χ1n) is 9.05. The van der Waals surface area contributed by atoms with Gasteiger partial charge in [0.15, 0.2) is 0 Å². The van der Waals surface area contributed by atoms with Crippen molar-refractivity contribution in [1.82, 2.24) is 33.6 Å². The van der Waals surface area contributed by atoms with E-state index < -0.39 is 14.8 Å². The van der Waals surface area contributed by atoms with E-state index >= 15 is 0 Å². The molecule has 0 unspecified atom stereocenters. The lowest BCUT2D eigenvalue weighted by Crippen LogP contribution is -2.34. The Morgan fingerprint density at radius 3 is 1.19 bits per heavy atom. The van der Waals surface area contributed by atoms with Crippen LogP contribution in [0.5, 0.6) is 0 Å².